The van der Waals surface area contributed by atoms with Crippen LogP contribution in [-0.2, 0) is 14.3 Å². The predicted octanol–water partition coefficient (Wildman–Crippen LogP) is 6.91. The Morgan fingerprint density at radius 3 is 2.12 bits per heavy atom. The monoisotopic (exact) mass is 440 g/mol. The third-order valence-electron chi connectivity index (χ3n) is 9.85. The number of hydrogen-bond acceptors (Lipinski definition) is 3. The van der Waals surface area contributed by atoms with Crippen LogP contribution in [-0.4, -0.2) is 17.2 Å². The molecule has 3 heteroatoms. The van der Waals surface area contributed by atoms with Crippen LogP contribution in [0.1, 0.15) is 94.4 Å². The number of ether oxygens (including phenoxy) is 1. The summed E-state index contributed by atoms with van der Waals surface area (Å²) in [5.41, 5.74) is 0.400. The lowest BCUT2D eigenvalue weighted by atomic mass is 9.52. The molecule has 0 bridgehead atoms. The van der Waals surface area contributed by atoms with Gasteiger partial charge in [-0.05, 0) is 95.8 Å². The minimum absolute atomic E-state index is 0.0162. The molecule has 0 amide bonds. The van der Waals surface area contributed by atoms with E-state index in [0.29, 0.717) is 28.9 Å². The quantitative estimate of drug-likeness (QED) is 0.328. The summed E-state index contributed by atoms with van der Waals surface area (Å²) < 4.78 is 6.92. The number of ketones is 2. The van der Waals surface area contributed by atoms with Gasteiger partial charge in [0.2, 0.25) is 0 Å². The molecule has 32 heavy (non-hydrogen) atoms. The van der Waals surface area contributed by atoms with Crippen molar-refractivity contribution in [1.29, 1.82) is 0 Å². The van der Waals surface area contributed by atoms with Gasteiger partial charge in [-0.15, -0.1) is 0 Å². The molecule has 1 heterocycles. The molecule has 0 aromatic heterocycles. The van der Waals surface area contributed by atoms with E-state index in [2.05, 4.69) is 41.2 Å². The normalized spacial score (nSPS) is 40.2. The van der Waals surface area contributed by atoms with Gasteiger partial charge in [-0.2, -0.15) is 0 Å². The highest BCUT2D eigenvalue weighted by atomic mass is 16.5. The van der Waals surface area contributed by atoms with Crippen molar-refractivity contribution in [2.24, 2.45) is 45.8 Å². The summed E-state index contributed by atoms with van der Waals surface area (Å²) in [5, 5.41) is 0. The SMILES string of the molecule is C=C1CC[C@H]2[C@@H](C(C)C)C3=C(O[C@]2(C)CC[C@@H]2[C@@H]1CC2(C)C)C(C)(C)C(=O)C(C)(C)C3=O. The van der Waals surface area contributed by atoms with Crippen molar-refractivity contribution in [3.63, 3.8) is 0 Å². The molecule has 0 saturated heterocycles. The van der Waals surface area contributed by atoms with E-state index in [-0.39, 0.29) is 29.0 Å². The molecule has 3 nitrogen and oxygen atoms in total. The molecule has 2 saturated carbocycles. The maximum atomic E-state index is 13.8. The molecule has 5 atom stereocenters. The molecule has 178 valence electrons. The zero-order valence-electron chi connectivity index (χ0n) is 21.9. The van der Waals surface area contributed by atoms with Crippen molar-refractivity contribution in [3.8, 4) is 0 Å². The zero-order chi connectivity index (χ0) is 24.0. The Kier molecular flexibility index (Phi) is 5.24. The van der Waals surface area contributed by atoms with Crippen LogP contribution in [0.25, 0.3) is 0 Å². The Hall–Kier alpha value is -1.38. The average Bonchev–Trinajstić information content (AvgIpc) is 2.71. The van der Waals surface area contributed by atoms with E-state index < -0.39 is 10.8 Å². The van der Waals surface area contributed by atoms with Crippen LogP contribution < -0.4 is 0 Å². The first-order chi connectivity index (χ1) is 14.6. The first kappa shape index (κ1) is 23.8. The number of hydrogen-bond donors (Lipinski definition) is 0. The van der Waals surface area contributed by atoms with Crippen LogP contribution in [0.4, 0.5) is 0 Å². The Labute approximate surface area is 195 Å². The molecule has 0 N–H and O–H groups in total. The Balaban J connectivity index is 1.85. The lowest BCUT2D eigenvalue weighted by Gasteiger charge is -2.55. The van der Waals surface area contributed by atoms with E-state index in [1.54, 1.807) is 13.8 Å². The van der Waals surface area contributed by atoms with Crippen molar-refractivity contribution >= 4 is 11.6 Å². The van der Waals surface area contributed by atoms with Gasteiger partial charge in [-0.3, -0.25) is 9.59 Å². The summed E-state index contributed by atoms with van der Waals surface area (Å²) in [6.45, 7) is 23.6. The van der Waals surface area contributed by atoms with Gasteiger partial charge in [0, 0.05) is 11.5 Å². The highest BCUT2D eigenvalue weighted by Crippen LogP contribution is 2.61. The van der Waals surface area contributed by atoms with Gasteiger partial charge in [-0.25, -0.2) is 0 Å². The standard InChI is InChI=1S/C29H44O3/c1-16(2)21-20-12-11-17(3)18-15-26(4,5)19(18)13-14-29(20,10)32-24-22(21)23(30)27(6,7)25(31)28(24,8)9/h16,18-21H,3,11-15H2,1-2,4-10H3/t18-,19-,20+,21-,29-/m1/s1. The van der Waals surface area contributed by atoms with Crippen molar-refractivity contribution < 1.29 is 14.3 Å². The first-order valence-electron chi connectivity index (χ1n) is 12.8. The van der Waals surface area contributed by atoms with E-state index in [0.717, 1.165) is 31.3 Å². The topological polar surface area (TPSA) is 43.4 Å². The Morgan fingerprint density at radius 2 is 1.56 bits per heavy atom. The van der Waals surface area contributed by atoms with Crippen LogP contribution in [0, 0.1) is 45.8 Å². The molecular weight excluding hydrogens is 396 g/mol. The van der Waals surface area contributed by atoms with Gasteiger partial charge in [0.15, 0.2) is 11.6 Å². The van der Waals surface area contributed by atoms with Crippen molar-refractivity contribution in [2.45, 2.75) is 100 Å². The summed E-state index contributed by atoms with van der Waals surface area (Å²) in [4.78, 5) is 27.2. The number of carbonyl (C=O) groups excluding carboxylic acids is 2. The van der Waals surface area contributed by atoms with Gasteiger partial charge in [0.25, 0.3) is 0 Å². The van der Waals surface area contributed by atoms with Crippen LogP contribution in [0.3, 0.4) is 0 Å². The second-order valence-corrected chi connectivity index (χ2v) is 13.6. The maximum Gasteiger partial charge on any atom is 0.175 e. The zero-order valence-corrected chi connectivity index (χ0v) is 21.9. The fourth-order valence-corrected chi connectivity index (χ4v) is 7.89. The molecule has 1 aliphatic heterocycles. The third kappa shape index (κ3) is 3.12. The average molecular weight is 441 g/mol. The molecule has 2 fully saturated rings. The van der Waals surface area contributed by atoms with Gasteiger partial charge >= 0.3 is 0 Å². The largest absolute Gasteiger partial charge is 0.490 e. The predicted molar refractivity (Wildman–Crippen MR) is 129 cm³/mol. The third-order valence-corrected chi connectivity index (χ3v) is 9.85. The Bertz CT molecular complexity index is 899. The second kappa shape index (κ2) is 7.06. The fraction of sp³-hybridized carbons (Fsp3) is 0.793. The minimum atomic E-state index is -1.00. The smallest absolute Gasteiger partial charge is 0.175 e. The van der Waals surface area contributed by atoms with Gasteiger partial charge < -0.3 is 4.74 Å². The molecule has 0 aromatic carbocycles. The van der Waals surface area contributed by atoms with Crippen LogP contribution >= 0.6 is 0 Å². The molecule has 0 radical (unpaired) electrons. The van der Waals surface area contributed by atoms with E-state index >= 15 is 0 Å². The summed E-state index contributed by atoms with van der Waals surface area (Å²) in [6.07, 6.45) is 5.32. The molecule has 0 spiro atoms. The molecule has 4 rings (SSSR count). The van der Waals surface area contributed by atoms with Crippen molar-refractivity contribution in [2.75, 3.05) is 0 Å². The summed E-state index contributed by atoms with van der Waals surface area (Å²) in [6, 6.07) is 0. The van der Waals surface area contributed by atoms with Crippen LogP contribution in [0.2, 0.25) is 0 Å². The van der Waals surface area contributed by atoms with E-state index in [1.165, 1.54) is 12.0 Å². The van der Waals surface area contributed by atoms with E-state index in [9.17, 15) is 9.59 Å². The lowest BCUT2D eigenvalue weighted by Crippen LogP contribution is -2.58. The molecule has 3 aliphatic carbocycles. The number of allylic oxidation sites excluding steroid dienone is 3. The lowest BCUT2D eigenvalue weighted by molar-refractivity contribution is -0.157. The maximum absolute atomic E-state index is 13.8. The van der Waals surface area contributed by atoms with Gasteiger partial charge in [0.1, 0.15) is 11.4 Å². The highest BCUT2D eigenvalue weighted by molar-refractivity contribution is 6.19. The van der Waals surface area contributed by atoms with Crippen molar-refractivity contribution in [1.82, 2.24) is 0 Å². The first-order valence-corrected chi connectivity index (χ1v) is 12.8. The number of Topliss-reactive ketones (excluding diaryl/α,β-unsaturated/α-hetero) is 2. The van der Waals surface area contributed by atoms with E-state index in [1.807, 2.05) is 13.8 Å². The molecule has 0 aromatic rings. The number of carbonyl (C=O) groups is 2. The molecule has 4 aliphatic rings. The minimum Gasteiger partial charge on any atom is -0.490 e. The summed E-state index contributed by atoms with van der Waals surface area (Å²) in [5.74, 6) is 2.57. The van der Waals surface area contributed by atoms with Crippen molar-refractivity contribution in [3.05, 3.63) is 23.5 Å². The number of fused-ring (bicyclic) bond motifs is 2. The summed E-state index contributed by atoms with van der Waals surface area (Å²) in [7, 11) is 0. The fourth-order valence-electron chi connectivity index (χ4n) is 7.89. The highest BCUT2D eigenvalue weighted by Gasteiger charge is 2.61. The van der Waals surface area contributed by atoms with Gasteiger partial charge in [0.05, 0.1) is 10.8 Å². The van der Waals surface area contributed by atoms with Crippen LogP contribution in [0.5, 0.6) is 0 Å². The summed E-state index contributed by atoms with van der Waals surface area (Å²) >= 11 is 0. The molecule has 0 unspecified atom stereocenters. The van der Waals surface area contributed by atoms with E-state index in [4.69, 9.17) is 4.74 Å². The second-order valence-electron chi connectivity index (χ2n) is 13.6. The van der Waals surface area contributed by atoms with Gasteiger partial charge in [-0.1, -0.05) is 39.8 Å². The van der Waals surface area contributed by atoms with Crippen LogP contribution in [0.15, 0.2) is 23.5 Å². The number of rotatable bonds is 1. The molecular formula is C29H44O3. The Morgan fingerprint density at radius 1 is 0.938 bits per heavy atom.